The molecule has 4 heteroatoms. The van der Waals surface area contributed by atoms with Crippen molar-refractivity contribution in [2.75, 3.05) is 0 Å². The average molecular weight is 314 g/mol. The molecule has 0 unspecified atom stereocenters. The fourth-order valence-electron chi connectivity index (χ4n) is 2.75. The Kier molecular flexibility index (Phi) is 4.65. The maximum Gasteiger partial charge on any atom is 0.134 e. The van der Waals surface area contributed by atoms with Crippen LogP contribution in [0.5, 0.6) is 5.75 Å². The number of aliphatic hydroxyl groups is 1. The lowest BCUT2D eigenvalue weighted by Gasteiger charge is -2.30. The molecule has 3 nitrogen and oxygen atoms in total. The van der Waals surface area contributed by atoms with E-state index in [0.717, 1.165) is 12.8 Å². The van der Waals surface area contributed by atoms with Gasteiger partial charge in [-0.2, -0.15) is 0 Å². The first-order valence-corrected chi connectivity index (χ1v) is 7.31. The summed E-state index contributed by atoms with van der Waals surface area (Å²) in [5, 5.41) is 20.3. The molecule has 4 N–H and O–H groups in total. The van der Waals surface area contributed by atoms with Crippen LogP contribution < -0.4 is 5.73 Å². The van der Waals surface area contributed by atoms with Gasteiger partial charge in [-0.15, -0.1) is 0 Å². The molecular weight excluding hydrogens is 294 g/mol. The number of aromatic hydroxyl groups is 1. The highest BCUT2D eigenvalue weighted by atomic mass is 79.9. The number of para-hydroxylation sites is 1. The van der Waals surface area contributed by atoms with Crippen LogP contribution in [-0.4, -0.2) is 16.3 Å². The van der Waals surface area contributed by atoms with Gasteiger partial charge in [0.25, 0.3) is 0 Å². The second kappa shape index (κ2) is 6.04. The van der Waals surface area contributed by atoms with Crippen molar-refractivity contribution in [2.45, 2.75) is 44.2 Å². The maximum absolute atomic E-state index is 10.4. The van der Waals surface area contributed by atoms with Crippen LogP contribution in [0.3, 0.4) is 0 Å². The first-order chi connectivity index (χ1) is 8.61. The van der Waals surface area contributed by atoms with E-state index in [-0.39, 0.29) is 11.7 Å². The largest absolute Gasteiger partial charge is 0.506 e. The minimum atomic E-state index is -0.578. The van der Waals surface area contributed by atoms with Crippen LogP contribution in [0, 0.1) is 5.92 Å². The van der Waals surface area contributed by atoms with E-state index in [0.29, 0.717) is 10.0 Å². The van der Waals surface area contributed by atoms with Gasteiger partial charge in [-0.25, -0.2) is 0 Å². The van der Waals surface area contributed by atoms with Crippen molar-refractivity contribution in [1.82, 2.24) is 0 Å². The Hall–Kier alpha value is -0.580. The van der Waals surface area contributed by atoms with Crippen molar-refractivity contribution in [1.29, 1.82) is 0 Å². The van der Waals surface area contributed by atoms with Gasteiger partial charge in [-0.1, -0.05) is 31.4 Å². The highest BCUT2D eigenvalue weighted by Crippen LogP contribution is 2.36. The summed E-state index contributed by atoms with van der Waals surface area (Å²) in [6.07, 6.45) is 5.07. The third kappa shape index (κ3) is 2.87. The third-order valence-corrected chi connectivity index (χ3v) is 4.52. The van der Waals surface area contributed by atoms with Gasteiger partial charge in [0.2, 0.25) is 0 Å². The summed E-state index contributed by atoms with van der Waals surface area (Å²) in [5.74, 6) is 0.395. The van der Waals surface area contributed by atoms with E-state index in [9.17, 15) is 10.2 Å². The summed E-state index contributed by atoms with van der Waals surface area (Å²) in [7, 11) is 0. The predicted octanol–water partition coefficient (Wildman–Crippen LogP) is 3.10. The predicted molar refractivity (Wildman–Crippen MR) is 75.3 cm³/mol. The number of phenolic OH excluding ortho intramolecular Hbond substituents is 1. The topological polar surface area (TPSA) is 66.5 Å². The van der Waals surface area contributed by atoms with Crippen molar-refractivity contribution in [3.8, 4) is 5.75 Å². The van der Waals surface area contributed by atoms with Crippen LogP contribution >= 0.6 is 15.9 Å². The summed E-state index contributed by atoms with van der Waals surface area (Å²) in [6, 6.07) is 4.84. The molecule has 2 atom stereocenters. The summed E-state index contributed by atoms with van der Waals surface area (Å²) in [5.41, 5.74) is 6.72. The normalized spacial score (nSPS) is 20.6. The fraction of sp³-hybridized carbons (Fsp3) is 0.571. The number of aliphatic hydroxyl groups excluding tert-OH is 1. The van der Waals surface area contributed by atoms with E-state index in [2.05, 4.69) is 15.9 Å². The van der Waals surface area contributed by atoms with Crippen molar-refractivity contribution in [3.05, 3.63) is 28.2 Å². The highest BCUT2D eigenvalue weighted by molar-refractivity contribution is 9.10. The Bertz CT molecular complexity index is 405. The van der Waals surface area contributed by atoms with Crippen LogP contribution in [0.4, 0.5) is 0 Å². The molecule has 0 heterocycles. The molecule has 0 saturated heterocycles. The lowest BCUT2D eigenvalue weighted by molar-refractivity contribution is 0.0611. The average Bonchev–Trinajstić information content (AvgIpc) is 2.41. The van der Waals surface area contributed by atoms with Crippen LogP contribution in [0.1, 0.15) is 43.7 Å². The zero-order valence-corrected chi connectivity index (χ0v) is 11.9. The molecule has 1 aliphatic rings. The van der Waals surface area contributed by atoms with E-state index >= 15 is 0 Å². The Morgan fingerprint density at radius 3 is 2.56 bits per heavy atom. The zero-order chi connectivity index (χ0) is 13.1. The SMILES string of the molecule is N[C@H](c1cccc(Br)c1O)[C@@H](O)C1CCCCC1. The molecule has 1 aromatic rings. The van der Waals surface area contributed by atoms with E-state index < -0.39 is 12.1 Å². The van der Waals surface area contributed by atoms with Crippen molar-refractivity contribution < 1.29 is 10.2 Å². The fourth-order valence-corrected chi connectivity index (χ4v) is 3.14. The number of hydrogen-bond acceptors (Lipinski definition) is 3. The van der Waals surface area contributed by atoms with Gasteiger partial charge in [0.15, 0.2) is 0 Å². The van der Waals surface area contributed by atoms with Gasteiger partial charge >= 0.3 is 0 Å². The molecule has 2 rings (SSSR count). The molecule has 0 aliphatic heterocycles. The quantitative estimate of drug-likeness (QED) is 0.803. The maximum atomic E-state index is 10.4. The second-order valence-corrected chi connectivity index (χ2v) is 5.95. The first kappa shape index (κ1) is 13.8. The number of benzene rings is 1. The molecule has 0 amide bonds. The molecule has 18 heavy (non-hydrogen) atoms. The summed E-state index contributed by atoms with van der Waals surface area (Å²) in [4.78, 5) is 0. The summed E-state index contributed by atoms with van der Waals surface area (Å²) < 4.78 is 0.617. The lowest BCUT2D eigenvalue weighted by Crippen LogP contribution is -2.34. The summed E-state index contributed by atoms with van der Waals surface area (Å²) >= 11 is 3.27. The molecule has 0 bridgehead atoms. The lowest BCUT2D eigenvalue weighted by atomic mass is 9.81. The molecule has 1 fully saturated rings. The number of phenols is 1. The molecule has 0 radical (unpaired) electrons. The van der Waals surface area contributed by atoms with Gasteiger partial charge in [0, 0.05) is 5.56 Å². The highest BCUT2D eigenvalue weighted by Gasteiger charge is 2.29. The third-order valence-electron chi connectivity index (χ3n) is 3.88. The van der Waals surface area contributed by atoms with Crippen LogP contribution in [0.2, 0.25) is 0 Å². The van der Waals surface area contributed by atoms with E-state index in [1.54, 1.807) is 12.1 Å². The molecule has 100 valence electrons. The van der Waals surface area contributed by atoms with Crippen LogP contribution in [0.25, 0.3) is 0 Å². The monoisotopic (exact) mass is 313 g/mol. The van der Waals surface area contributed by atoms with E-state index in [4.69, 9.17) is 5.73 Å². The Morgan fingerprint density at radius 1 is 1.22 bits per heavy atom. The van der Waals surface area contributed by atoms with Crippen molar-refractivity contribution >= 4 is 15.9 Å². The Labute approximate surface area is 116 Å². The first-order valence-electron chi connectivity index (χ1n) is 6.52. The van der Waals surface area contributed by atoms with Gasteiger partial charge < -0.3 is 15.9 Å². The Morgan fingerprint density at radius 2 is 1.89 bits per heavy atom. The number of nitrogens with two attached hydrogens (primary N) is 1. The molecule has 1 saturated carbocycles. The van der Waals surface area contributed by atoms with Crippen LogP contribution in [0.15, 0.2) is 22.7 Å². The second-order valence-electron chi connectivity index (χ2n) is 5.09. The van der Waals surface area contributed by atoms with Crippen molar-refractivity contribution in [3.63, 3.8) is 0 Å². The van der Waals surface area contributed by atoms with Crippen LogP contribution in [-0.2, 0) is 0 Å². The molecular formula is C14H20BrNO2. The zero-order valence-electron chi connectivity index (χ0n) is 10.3. The van der Waals surface area contributed by atoms with Gasteiger partial charge in [-0.3, -0.25) is 0 Å². The van der Waals surface area contributed by atoms with Crippen molar-refractivity contribution in [2.24, 2.45) is 11.7 Å². The smallest absolute Gasteiger partial charge is 0.134 e. The standard InChI is InChI=1S/C14H20BrNO2/c15-11-8-4-7-10(14(11)18)12(16)13(17)9-5-2-1-3-6-9/h4,7-9,12-13,17-18H,1-3,5-6,16H2/t12-,13+/m1/s1. The van der Waals surface area contributed by atoms with Gasteiger partial charge in [0.05, 0.1) is 16.6 Å². The number of halogens is 1. The van der Waals surface area contributed by atoms with Gasteiger partial charge in [-0.05, 0) is 40.8 Å². The summed E-state index contributed by atoms with van der Waals surface area (Å²) in [6.45, 7) is 0. The number of hydrogen-bond donors (Lipinski definition) is 3. The molecule has 1 aliphatic carbocycles. The molecule has 0 aromatic heterocycles. The Balaban J connectivity index is 2.14. The molecule has 1 aromatic carbocycles. The molecule has 0 spiro atoms. The van der Waals surface area contributed by atoms with Gasteiger partial charge in [0.1, 0.15) is 5.75 Å². The van der Waals surface area contributed by atoms with E-state index in [1.807, 2.05) is 6.07 Å². The number of rotatable bonds is 3. The minimum absolute atomic E-state index is 0.139. The minimum Gasteiger partial charge on any atom is -0.506 e. The van der Waals surface area contributed by atoms with E-state index in [1.165, 1.54) is 19.3 Å².